The zero-order valence-electron chi connectivity index (χ0n) is 12.0. The Balaban J connectivity index is 2.12. The number of amides is 1. The molecule has 4 nitrogen and oxygen atoms in total. The van der Waals surface area contributed by atoms with Crippen molar-refractivity contribution in [2.45, 2.75) is 51.5 Å². The highest BCUT2D eigenvalue weighted by Crippen LogP contribution is 2.05. The Labute approximate surface area is 120 Å². The van der Waals surface area contributed by atoms with Gasteiger partial charge in [0.25, 0.3) is 0 Å². The average Bonchev–Trinajstić information content (AvgIpc) is 2.39. The minimum Gasteiger partial charge on any atom is -0.481 e. The SMILES string of the molecule is CC(CCCC(=O)O)NC(=O)CCCc1ccccc1. The Morgan fingerprint density at radius 1 is 1.15 bits per heavy atom. The first-order valence-electron chi connectivity index (χ1n) is 7.13. The third-order valence-corrected chi connectivity index (χ3v) is 3.15. The van der Waals surface area contributed by atoms with Crippen molar-refractivity contribution in [1.82, 2.24) is 5.32 Å². The number of carboxylic acid groups (broad SMARTS) is 1. The summed E-state index contributed by atoms with van der Waals surface area (Å²) in [6, 6.07) is 10.1. The lowest BCUT2D eigenvalue weighted by Gasteiger charge is -2.13. The van der Waals surface area contributed by atoms with Crippen molar-refractivity contribution in [1.29, 1.82) is 0 Å². The lowest BCUT2D eigenvalue weighted by molar-refractivity contribution is -0.137. The van der Waals surface area contributed by atoms with Crippen LogP contribution in [0.5, 0.6) is 0 Å². The number of benzene rings is 1. The van der Waals surface area contributed by atoms with E-state index in [9.17, 15) is 9.59 Å². The Hall–Kier alpha value is -1.84. The van der Waals surface area contributed by atoms with Crippen molar-refractivity contribution in [3.05, 3.63) is 35.9 Å². The summed E-state index contributed by atoms with van der Waals surface area (Å²) < 4.78 is 0. The van der Waals surface area contributed by atoms with Gasteiger partial charge < -0.3 is 10.4 Å². The molecule has 1 unspecified atom stereocenters. The third kappa shape index (κ3) is 7.56. The van der Waals surface area contributed by atoms with Crippen molar-refractivity contribution in [2.75, 3.05) is 0 Å². The molecule has 2 N–H and O–H groups in total. The monoisotopic (exact) mass is 277 g/mol. The number of aryl methyl sites for hydroxylation is 1. The summed E-state index contributed by atoms with van der Waals surface area (Å²) in [5, 5.41) is 11.5. The van der Waals surface area contributed by atoms with Crippen LogP contribution in [0.15, 0.2) is 30.3 Å². The Kier molecular flexibility index (Phi) is 7.40. The van der Waals surface area contributed by atoms with E-state index in [2.05, 4.69) is 17.4 Å². The molecule has 1 aromatic rings. The Morgan fingerprint density at radius 2 is 1.85 bits per heavy atom. The standard InChI is InChI=1S/C16H23NO3/c1-13(7-5-12-16(19)20)17-15(18)11-6-10-14-8-3-2-4-9-14/h2-4,8-9,13H,5-7,10-12H2,1H3,(H,17,18)(H,19,20). The normalized spacial score (nSPS) is 11.8. The van der Waals surface area contributed by atoms with Gasteiger partial charge in [-0.05, 0) is 38.2 Å². The quantitative estimate of drug-likeness (QED) is 0.729. The molecule has 1 atom stereocenters. The highest BCUT2D eigenvalue weighted by atomic mass is 16.4. The van der Waals surface area contributed by atoms with E-state index in [0.717, 1.165) is 12.8 Å². The number of nitrogens with one attached hydrogen (secondary N) is 1. The molecule has 1 aromatic carbocycles. The second kappa shape index (κ2) is 9.13. The zero-order valence-corrected chi connectivity index (χ0v) is 12.0. The second-order valence-corrected chi connectivity index (χ2v) is 5.09. The highest BCUT2D eigenvalue weighted by Gasteiger charge is 2.08. The molecule has 0 bridgehead atoms. The summed E-state index contributed by atoms with van der Waals surface area (Å²) in [5.41, 5.74) is 1.25. The summed E-state index contributed by atoms with van der Waals surface area (Å²) in [7, 11) is 0. The summed E-state index contributed by atoms with van der Waals surface area (Å²) in [6.45, 7) is 1.91. The highest BCUT2D eigenvalue weighted by molar-refractivity contribution is 5.76. The molecule has 110 valence electrons. The van der Waals surface area contributed by atoms with Crippen molar-refractivity contribution >= 4 is 11.9 Å². The van der Waals surface area contributed by atoms with Gasteiger partial charge in [-0.2, -0.15) is 0 Å². The first-order valence-corrected chi connectivity index (χ1v) is 7.13. The van der Waals surface area contributed by atoms with Gasteiger partial charge in [-0.25, -0.2) is 0 Å². The van der Waals surface area contributed by atoms with E-state index < -0.39 is 5.97 Å². The lowest BCUT2D eigenvalue weighted by atomic mass is 10.1. The van der Waals surface area contributed by atoms with Gasteiger partial charge in [0.15, 0.2) is 0 Å². The van der Waals surface area contributed by atoms with Crippen LogP contribution in [-0.4, -0.2) is 23.0 Å². The predicted molar refractivity (Wildman–Crippen MR) is 78.5 cm³/mol. The van der Waals surface area contributed by atoms with Crippen LogP contribution in [0.1, 0.15) is 44.6 Å². The van der Waals surface area contributed by atoms with Crippen LogP contribution >= 0.6 is 0 Å². The molecule has 0 aliphatic carbocycles. The van der Waals surface area contributed by atoms with Gasteiger partial charge in [-0.3, -0.25) is 9.59 Å². The Bertz CT molecular complexity index is 417. The maximum atomic E-state index is 11.7. The van der Waals surface area contributed by atoms with Crippen LogP contribution in [0.3, 0.4) is 0 Å². The van der Waals surface area contributed by atoms with Gasteiger partial charge in [0.1, 0.15) is 0 Å². The maximum Gasteiger partial charge on any atom is 0.303 e. The van der Waals surface area contributed by atoms with E-state index in [1.54, 1.807) is 0 Å². The van der Waals surface area contributed by atoms with Crippen LogP contribution in [0, 0.1) is 0 Å². The van der Waals surface area contributed by atoms with Gasteiger partial charge in [0.2, 0.25) is 5.91 Å². The molecule has 4 heteroatoms. The van der Waals surface area contributed by atoms with Crippen LogP contribution in [0.25, 0.3) is 0 Å². The van der Waals surface area contributed by atoms with Crippen LogP contribution in [0.4, 0.5) is 0 Å². The number of carbonyl (C=O) groups excluding carboxylic acids is 1. The van der Waals surface area contributed by atoms with Crippen LogP contribution in [0.2, 0.25) is 0 Å². The molecule has 0 aliphatic rings. The minimum atomic E-state index is -0.786. The molecule has 0 spiro atoms. The molecule has 0 saturated heterocycles. The molecule has 1 amide bonds. The molecule has 0 aromatic heterocycles. The van der Waals surface area contributed by atoms with Gasteiger partial charge >= 0.3 is 5.97 Å². The number of aliphatic carboxylic acids is 1. The second-order valence-electron chi connectivity index (χ2n) is 5.09. The first-order chi connectivity index (χ1) is 9.58. The molecule has 0 aliphatic heterocycles. The molecular formula is C16H23NO3. The topological polar surface area (TPSA) is 66.4 Å². The van der Waals surface area contributed by atoms with Crippen molar-refractivity contribution in [3.8, 4) is 0 Å². The predicted octanol–water partition coefficient (Wildman–Crippen LogP) is 2.77. The van der Waals surface area contributed by atoms with E-state index in [4.69, 9.17) is 5.11 Å². The van der Waals surface area contributed by atoms with Crippen molar-refractivity contribution in [2.24, 2.45) is 0 Å². The maximum absolute atomic E-state index is 11.7. The van der Waals surface area contributed by atoms with Crippen LogP contribution in [-0.2, 0) is 16.0 Å². The van der Waals surface area contributed by atoms with E-state index in [1.807, 2.05) is 25.1 Å². The van der Waals surface area contributed by atoms with Crippen LogP contribution < -0.4 is 5.32 Å². The number of carboxylic acids is 1. The van der Waals surface area contributed by atoms with E-state index in [0.29, 0.717) is 19.3 Å². The van der Waals surface area contributed by atoms with Crippen molar-refractivity contribution < 1.29 is 14.7 Å². The molecule has 0 saturated carbocycles. The fourth-order valence-corrected chi connectivity index (χ4v) is 2.08. The molecule has 0 heterocycles. The first kappa shape index (κ1) is 16.2. The number of hydrogen-bond acceptors (Lipinski definition) is 2. The average molecular weight is 277 g/mol. The third-order valence-electron chi connectivity index (χ3n) is 3.15. The fraction of sp³-hybridized carbons (Fsp3) is 0.500. The zero-order chi connectivity index (χ0) is 14.8. The molecule has 0 fully saturated rings. The van der Waals surface area contributed by atoms with Gasteiger partial charge in [-0.1, -0.05) is 30.3 Å². The Morgan fingerprint density at radius 3 is 2.50 bits per heavy atom. The lowest BCUT2D eigenvalue weighted by Crippen LogP contribution is -2.32. The van der Waals surface area contributed by atoms with Gasteiger partial charge in [-0.15, -0.1) is 0 Å². The van der Waals surface area contributed by atoms with Gasteiger partial charge in [0.05, 0.1) is 0 Å². The summed E-state index contributed by atoms with van der Waals surface area (Å²) in [6.07, 6.45) is 3.71. The largest absolute Gasteiger partial charge is 0.481 e. The number of rotatable bonds is 9. The van der Waals surface area contributed by atoms with E-state index in [1.165, 1.54) is 5.56 Å². The molecule has 20 heavy (non-hydrogen) atoms. The van der Waals surface area contributed by atoms with E-state index in [-0.39, 0.29) is 18.4 Å². The summed E-state index contributed by atoms with van der Waals surface area (Å²) >= 11 is 0. The molecular weight excluding hydrogens is 254 g/mol. The van der Waals surface area contributed by atoms with E-state index >= 15 is 0 Å². The number of carbonyl (C=O) groups is 2. The number of hydrogen-bond donors (Lipinski definition) is 2. The smallest absolute Gasteiger partial charge is 0.303 e. The molecule has 0 radical (unpaired) electrons. The molecule has 1 rings (SSSR count). The summed E-state index contributed by atoms with van der Waals surface area (Å²) in [5.74, 6) is -0.741. The van der Waals surface area contributed by atoms with Gasteiger partial charge in [0, 0.05) is 18.9 Å². The summed E-state index contributed by atoms with van der Waals surface area (Å²) in [4.78, 5) is 22.1. The fourth-order valence-electron chi connectivity index (χ4n) is 2.08. The van der Waals surface area contributed by atoms with Crippen molar-refractivity contribution in [3.63, 3.8) is 0 Å². The minimum absolute atomic E-state index is 0.0403.